The maximum Gasteiger partial charge on any atom is 0.235 e. The molecule has 0 amide bonds. The molecule has 1 aliphatic rings. The van der Waals surface area contributed by atoms with Gasteiger partial charge in [-0.2, -0.15) is 9.41 Å². The highest BCUT2D eigenvalue weighted by molar-refractivity contribution is 7.10. The number of aliphatic hydroxyl groups is 2. The first-order valence-electron chi connectivity index (χ1n) is 10.8. The summed E-state index contributed by atoms with van der Waals surface area (Å²) in [5.41, 5.74) is 1.47. The predicted octanol–water partition coefficient (Wildman–Crippen LogP) is 2.88. The van der Waals surface area contributed by atoms with Gasteiger partial charge in [0.2, 0.25) is 11.3 Å². The Morgan fingerprint density at radius 1 is 1.31 bits per heavy atom. The van der Waals surface area contributed by atoms with Crippen LogP contribution < -0.4 is 4.73 Å². The Morgan fingerprint density at radius 2 is 2.17 bits per heavy atom. The molecule has 13 heteroatoms. The molecule has 36 heavy (non-hydrogen) atoms. The van der Waals surface area contributed by atoms with Crippen molar-refractivity contribution >= 4 is 22.9 Å². The third-order valence-corrected chi connectivity index (χ3v) is 7.49. The second-order valence-electron chi connectivity index (χ2n) is 8.38. The molecule has 0 bridgehead atoms. The smallest absolute Gasteiger partial charge is 0.235 e. The van der Waals surface area contributed by atoms with Crippen molar-refractivity contribution in [2.75, 3.05) is 0 Å². The van der Waals surface area contributed by atoms with Gasteiger partial charge >= 0.3 is 0 Å². The van der Waals surface area contributed by atoms with Gasteiger partial charge in [0.05, 0.1) is 22.9 Å². The third-order valence-electron chi connectivity index (χ3n) is 6.31. The summed E-state index contributed by atoms with van der Waals surface area (Å²) in [6.45, 7) is -0.411. The number of thiophene rings is 1. The molecule has 0 aliphatic heterocycles. The first-order chi connectivity index (χ1) is 17.4. The van der Waals surface area contributed by atoms with Crippen LogP contribution in [0.3, 0.4) is 0 Å². The number of benzene rings is 1. The number of aromatic amines is 1. The normalized spacial score (nSPS) is 17.0. The number of nitrogens with one attached hydrogen (secondary N) is 1. The Balaban J connectivity index is 1.42. The molecule has 0 saturated heterocycles. The molecule has 1 atom stereocenters. The number of pyridine rings is 1. The summed E-state index contributed by atoms with van der Waals surface area (Å²) in [5, 5.41) is 47.5. The lowest BCUT2D eigenvalue weighted by Crippen LogP contribution is -2.42. The fourth-order valence-electron chi connectivity index (χ4n) is 4.62. The van der Waals surface area contributed by atoms with E-state index in [1.807, 2.05) is 6.07 Å². The molecule has 5 aromatic rings. The van der Waals surface area contributed by atoms with Crippen LogP contribution in [-0.4, -0.2) is 40.4 Å². The molecule has 0 spiro atoms. The minimum atomic E-state index is -1.69. The molecule has 4 aromatic heterocycles. The lowest BCUT2D eigenvalue weighted by molar-refractivity contribution is -0.620. The standard InChI is InChI=1S/C23H17ClFN7O3S/c24-14-1-2-18(31-11-27-29-30-31)15(6-14)13-5-12-3-4-23(34,21(12)32(35)8-13)22-26-7-17(28-22)16-10-36-19(9-33)20(16)25/h1-2,5-8,10-11,33-34H,3-4,9H2,(H,26,28). The molecule has 1 aromatic carbocycles. The molecule has 0 radical (unpaired) electrons. The van der Waals surface area contributed by atoms with Gasteiger partial charge in [0.1, 0.15) is 18.0 Å². The summed E-state index contributed by atoms with van der Waals surface area (Å²) in [5.74, 6) is -0.412. The van der Waals surface area contributed by atoms with Crippen LogP contribution in [0.2, 0.25) is 5.02 Å². The van der Waals surface area contributed by atoms with Crippen LogP contribution in [0, 0.1) is 11.0 Å². The van der Waals surface area contributed by atoms with Gasteiger partial charge in [-0.15, -0.1) is 16.4 Å². The van der Waals surface area contributed by atoms with Crippen molar-refractivity contribution in [3.05, 3.63) is 86.4 Å². The van der Waals surface area contributed by atoms with Crippen LogP contribution in [0.25, 0.3) is 28.1 Å². The molecule has 1 aliphatic carbocycles. The number of hydrogen-bond donors (Lipinski definition) is 3. The highest BCUT2D eigenvalue weighted by atomic mass is 35.5. The molecule has 0 saturated carbocycles. The predicted molar refractivity (Wildman–Crippen MR) is 128 cm³/mol. The van der Waals surface area contributed by atoms with Gasteiger partial charge in [-0.05, 0) is 47.5 Å². The van der Waals surface area contributed by atoms with Gasteiger partial charge in [-0.1, -0.05) is 11.6 Å². The van der Waals surface area contributed by atoms with E-state index in [1.165, 1.54) is 23.4 Å². The van der Waals surface area contributed by atoms with Crippen molar-refractivity contribution in [3.63, 3.8) is 0 Å². The Labute approximate surface area is 211 Å². The van der Waals surface area contributed by atoms with Crippen molar-refractivity contribution in [2.24, 2.45) is 0 Å². The topological polar surface area (TPSA) is 140 Å². The first-order valence-corrected chi connectivity index (χ1v) is 12.1. The summed E-state index contributed by atoms with van der Waals surface area (Å²) >= 11 is 7.33. The lowest BCUT2D eigenvalue weighted by Gasteiger charge is -2.20. The SMILES string of the molecule is [O-][n+]1cc(-c2cc(Cl)ccc2-n2cnnn2)cc2c1C(O)(c1nc(-c3csc(CO)c3F)c[nH]1)CC2. The molecule has 10 nitrogen and oxygen atoms in total. The van der Waals surface area contributed by atoms with Crippen LogP contribution in [-0.2, 0) is 18.6 Å². The fourth-order valence-corrected chi connectivity index (χ4v) is 5.57. The van der Waals surface area contributed by atoms with E-state index in [2.05, 4.69) is 25.5 Å². The number of halogens is 2. The minimum Gasteiger partial charge on any atom is -0.618 e. The van der Waals surface area contributed by atoms with Crippen molar-refractivity contribution in [1.29, 1.82) is 0 Å². The molecular formula is C23H17ClFN7O3S. The number of imidazole rings is 1. The quantitative estimate of drug-likeness (QED) is 0.237. The summed E-state index contributed by atoms with van der Waals surface area (Å²) in [7, 11) is 0. The van der Waals surface area contributed by atoms with E-state index in [0.29, 0.717) is 38.6 Å². The van der Waals surface area contributed by atoms with Gasteiger partial charge in [0.25, 0.3) is 0 Å². The third kappa shape index (κ3) is 3.49. The number of rotatable bonds is 5. The molecular weight excluding hydrogens is 509 g/mol. The van der Waals surface area contributed by atoms with Gasteiger partial charge < -0.3 is 20.4 Å². The van der Waals surface area contributed by atoms with E-state index >= 15 is 0 Å². The van der Waals surface area contributed by atoms with Crippen LogP contribution in [0.15, 0.2) is 48.4 Å². The average Bonchev–Trinajstić information content (AvgIpc) is 3.66. The van der Waals surface area contributed by atoms with Crippen molar-refractivity contribution in [2.45, 2.75) is 25.0 Å². The largest absolute Gasteiger partial charge is 0.618 e. The number of aromatic nitrogens is 7. The second kappa shape index (κ2) is 8.45. The highest BCUT2D eigenvalue weighted by Crippen LogP contribution is 2.41. The Bertz CT molecular complexity index is 1600. The maximum absolute atomic E-state index is 14.5. The summed E-state index contributed by atoms with van der Waals surface area (Å²) in [4.78, 5) is 7.52. The number of aryl methyl sites for hydroxylation is 1. The molecule has 3 N–H and O–H groups in total. The van der Waals surface area contributed by atoms with E-state index in [1.54, 1.807) is 23.6 Å². The zero-order valence-electron chi connectivity index (χ0n) is 18.4. The van der Waals surface area contributed by atoms with Crippen molar-refractivity contribution in [1.82, 2.24) is 30.2 Å². The van der Waals surface area contributed by atoms with Crippen LogP contribution >= 0.6 is 22.9 Å². The minimum absolute atomic E-state index is 0.141. The lowest BCUT2D eigenvalue weighted by atomic mass is 9.98. The maximum atomic E-state index is 14.5. The van der Waals surface area contributed by atoms with Gasteiger partial charge in [0.15, 0.2) is 6.20 Å². The summed E-state index contributed by atoms with van der Waals surface area (Å²) in [6, 6.07) is 7.00. The molecule has 1 unspecified atom stereocenters. The van der Waals surface area contributed by atoms with Crippen molar-refractivity contribution in [3.8, 4) is 28.1 Å². The molecule has 6 rings (SSSR count). The van der Waals surface area contributed by atoms with Crippen LogP contribution in [0.4, 0.5) is 4.39 Å². The highest BCUT2D eigenvalue weighted by Gasteiger charge is 2.48. The monoisotopic (exact) mass is 525 g/mol. The number of hydrogen-bond acceptors (Lipinski definition) is 8. The molecule has 0 fully saturated rings. The van der Waals surface area contributed by atoms with E-state index in [4.69, 9.17) is 11.6 Å². The Kier molecular flexibility index (Phi) is 5.34. The van der Waals surface area contributed by atoms with Gasteiger partial charge in [-0.25, -0.2) is 9.37 Å². The van der Waals surface area contributed by atoms with E-state index in [9.17, 15) is 19.8 Å². The van der Waals surface area contributed by atoms with E-state index in [0.717, 1.165) is 11.3 Å². The summed E-state index contributed by atoms with van der Waals surface area (Å²) in [6.07, 6.45) is 4.92. The van der Waals surface area contributed by atoms with E-state index < -0.39 is 18.0 Å². The zero-order chi connectivity index (χ0) is 25.0. The number of H-pyrrole nitrogens is 1. The van der Waals surface area contributed by atoms with Gasteiger partial charge in [-0.3, -0.25) is 0 Å². The first kappa shape index (κ1) is 22.7. The molecule has 182 valence electrons. The van der Waals surface area contributed by atoms with Crippen LogP contribution in [0.5, 0.6) is 0 Å². The Hall–Kier alpha value is -3.71. The number of aliphatic hydroxyl groups excluding tert-OH is 1. The van der Waals surface area contributed by atoms with Crippen LogP contribution in [0.1, 0.15) is 28.4 Å². The number of nitrogens with zero attached hydrogens (tertiary/aromatic N) is 6. The number of tetrazole rings is 1. The van der Waals surface area contributed by atoms with E-state index in [-0.39, 0.29) is 34.1 Å². The summed E-state index contributed by atoms with van der Waals surface area (Å²) < 4.78 is 16.6. The van der Waals surface area contributed by atoms with Gasteiger partial charge in [0, 0.05) is 38.9 Å². The number of fused-ring (bicyclic) bond motifs is 1. The average molecular weight is 526 g/mol. The zero-order valence-corrected chi connectivity index (χ0v) is 20.0. The fraction of sp³-hybridized carbons (Fsp3) is 0.174. The van der Waals surface area contributed by atoms with Crippen molar-refractivity contribution < 1.29 is 19.3 Å². The second-order valence-corrected chi connectivity index (χ2v) is 9.78. The molecule has 4 heterocycles. The Morgan fingerprint density at radius 3 is 2.92 bits per heavy atom.